The minimum atomic E-state index is 1.09. The summed E-state index contributed by atoms with van der Waals surface area (Å²) in [6.45, 7) is 0. The van der Waals surface area contributed by atoms with Gasteiger partial charge in [-0.3, -0.25) is 0 Å². The molecule has 1 N–H and O–H groups in total. The minimum Gasteiger partial charge on any atom is -0.355 e. The van der Waals surface area contributed by atoms with E-state index in [1.807, 2.05) is 18.2 Å². The number of benzene rings is 4. The van der Waals surface area contributed by atoms with Crippen molar-refractivity contribution in [3.8, 4) is 22.3 Å². The van der Waals surface area contributed by atoms with E-state index in [1.165, 1.54) is 22.3 Å². The lowest BCUT2D eigenvalue weighted by Crippen LogP contribution is -1.95. The molecule has 0 bridgehead atoms. The quantitative estimate of drug-likeness (QED) is 0.437. The number of hydrogen-bond acceptors (Lipinski definition) is 1. The molecular weight excluding hydrogens is 302 g/mol. The van der Waals surface area contributed by atoms with Crippen LogP contribution in [-0.4, -0.2) is 0 Å². The molecule has 0 saturated heterocycles. The van der Waals surface area contributed by atoms with Crippen molar-refractivity contribution in [2.24, 2.45) is 0 Å². The Labute approximate surface area is 148 Å². The fourth-order valence-corrected chi connectivity index (χ4v) is 3.11. The Hall–Kier alpha value is -3.32. The van der Waals surface area contributed by atoms with E-state index >= 15 is 0 Å². The molecule has 0 radical (unpaired) electrons. The van der Waals surface area contributed by atoms with Crippen molar-refractivity contribution >= 4 is 11.4 Å². The molecule has 0 aliphatic carbocycles. The molecule has 0 fully saturated rings. The Morgan fingerprint density at radius 3 is 1.64 bits per heavy atom. The van der Waals surface area contributed by atoms with Crippen molar-refractivity contribution in [2.75, 3.05) is 5.32 Å². The van der Waals surface area contributed by atoms with Crippen molar-refractivity contribution in [1.82, 2.24) is 0 Å². The van der Waals surface area contributed by atoms with Gasteiger partial charge < -0.3 is 5.32 Å². The van der Waals surface area contributed by atoms with E-state index in [-0.39, 0.29) is 0 Å². The molecule has 0 saturated carbocycles. The van der Waals surface area contributed by atoms with E-state index in [2.05, 4.69) is 96.3 Å². The lowest BCUT2D eigenvalue weighted by atomic mass is 9.93. The Morgan fingerprint density at radius 1 is 0.440 bits per heavy atom. The summed E-state index contributed by atoms with van der Waals surface area (Å²) in [5.41, 5.74) is 7.08. The number of nitrogens with one attached hydrogen (secondary N) is 1. The van der Waals surface area contributed by atoms with Crippen LogP contribution in [0, 0.1) is 0 Å². The van der Waals surface area contributed by atoms with Crippen LogP contribution in [0.5, 0.6) is 0 Å². The highest BCUT2D eigenvalue weighted by molar-refractivity contribution is 5.93. The summed E-state index contributed by atoms with van der Waals surface area (Å²) in [6, 6.07) is 37.8. The zero-order valence-electron chi connectivity index (χ0n) is 13.9. The molecule has 25 heavy (non-hydrogen) atoms. The average Bonchev–Trinajstić information content (AvgIpc) is 2.70. The molecule has 120 valence electrons. The third kappa shape index (κ3) is 3.31. The maximum absolute atomic E-state index is 3.58. The molecule has 0 aliphatic heterocycles. The Morgan fingerprint density at radius 2 is 1.00 bits per heavy atom. The summed E-state index contributed by atoms with van der Waals surface area (Å²) >= 11 is 0. The van der Waals surface area contributed by atoms with Crippen molar-refractivity contribution in [1.29, 1.82) is 0 Å². The third-order valence-corrected chi connectivity index (χ3v) is 4.26. The van der Waals surface area contributed by atoms with Crippen LogP contribution < -0.4 is 5.32 Å². The summed E-state index contributed by atoms with van der Waals surface area (Å²) in [6.07, 6.45) is 0. The van der Waals surface area contributed by atoms with Crippen molar-refractivity contribution in [3.05, 3.63) is 109 Å². The second kappa shape index (κ2) is 7.06. The first-order chi connectivity index (χ1) is 12.4. The van der Waals surface area contributed by atoms with Gasteiger partial charge in [-0.15, -0.1) is 0 Å². The van der Waals surface area contributed by atoms with E-state index in [1.54, 1.807) is 0 Å². The van der Waals surface area contributed by atoms with Crippen LogP contribution in [0.15, 0.2) is 109 Å². The Bertz CT molecular complexity index is 945. The van der Waals surface area contributed by atoms with Gasteiger partial charge in [-0.1, -0.05) is 91.0 Å². The molecule has 0 aromatic heterocycles. The van der Waals surface area contributed by atoms with Gasteiger partial charge in [-0.25, -0.2) is 0 Å². The van der Waals surface area contributed by atoms with Crippen molar-refractivity contribution in [3.63, 3.8) is 0 Å². The number of para-hydroxylation sites is 1. The molecule has 0 unspecified atom stereocenters. The zero-order chi connectivity index (χ0) is 16.9. The molecule has 0 aliphatic rings. The van der Waals surface area contributed by atoms with Gasteiger partial charge in [-0.2, -0.15) is 0 Å². The summed E-state index contributed by atoms with van der Waals surface area (Å²) < 4.78 is 0. The second-order valence-electron chi connectivity index (χ2n) is 5.95. The zero-order valence-corrected chi connectivity index (χ0v) is 13.9. The molecular formula is C24H19N. The van der Waals surface area contributed by atoms with Gasteiger partial charge in [-0.05, 0) is 34.9 Å². The largest absolute Gasteiger partial charge is 0.355 e. The Balaban J connectivity index is 1.89. The number of rotatable bonds is 4. The highest BCUT2D eigenvalue weighted by atomic mass is 14.9. The van der Waals surface area contributed by atoms with Gasteiger partial charge in [0.15, 0.2) is 0 Å². The van der Waals surface area contributed by atoms with Gasteiger partial charge in [0.25, 0.3) is 0 Å². The van der Waals surface area contributed by atoms with Crippen LogP contribution in [0.3, 0.4) is 0 Å². The van der Waals surface area contributed by atoms with E-state index < -0.39 is 0 Å². The van der Waals surface area contributed by atoms with Crippen LogP contribution in [0.1, 0.15) is 0 Å². The van der Waals surface area contributed by atoms with E-state index in [0.717, 1.165) is 11.4 Å². The average molecular weight is 321 g/mol. The molecule has 4 rings (SSSR count). The number of anilines is 2. The monoisotopic (exact) mass is 321 g/mol. The molecule has 0 atom stereocenters. The van der Waals surface area contributed by atoms with E-state index in [4.69, 9.17) is 0 Å². The van der Waals surface area contributed by atoms with Crippen LogP contribution in [-0.2, 0) is 0 Å². The predicted molar refractivity (Wildman–Crippen MR) is 107 cm³/mol. The van der Waals surface area contributed by atoms with Gasteiger partial charge in [0.2, 0.25) is 0 Å². The number of hydrogen-bond donors (Lipinski definition) is 1. The molecule has 1 nitrogen and oxygen atoms in total. The smallest absolute Gasteiger partial charge is 0.0470 e. The molecule has 4 aromatic carbocycles. The van der Waals surface area contributed by atoms with E-state index in [9.17, 15) is 0 Å². The first-order valence-corrected chi connectivity index (χ1v) is 8.48. The molecule has 4 aromatic rings. The van der Waals surface area contributed by atoms with Crippen LogP contribution in [0.25, 0.3) is 22.3 Å². The summed E-state index contributed by atoms with van der Waals surface area (Å²) in [7, 11) is 0. The minimum absolute atomic E-state index is 1.09. The van der Waals surface area contributed by atoms with Gasteiger partial charge in [0.05, 0.1) is 0 Å². The maximum Gasteiger partial charge on any atom is 0.0470 e. The first-order valence-electron chi connectivity index (χ1n) is 8.48. The predicted octanol–water partition coefficient (Wildman–Crippen LogP) is 6.76. The third-order valence-electron chi connectivity index (χ3n) is 4.26. The van der Waals surface area contributed by atoms with Crippen LogP contribution in [0.2, 0.25) is 0 Å². The standard InChI is InChI=1S/C24H19N/c1-4-11-19(12-5-1)22-17-10-18-23(25-21-15-8-3-9-16-21)24(22)20-13-6-2-7-14-20/h1-18,25H. The van der Waals surface area contributed by atoms with Gasteiger partial charge in [0.1, 0.15) is 0 Å². The molecule has 1 heteroatoms. The van der Waals surface area contributed by atoms with Crippen molar-refractivity contribution in [2.45, 2.75) is 0 Å². The van der Waals surface area contributed by atoms with Crippen LogP contribution in [0.4, 0.5) is 11.4 Å². The van der Waals surface area contributed by atoms with Crippen molar-refractivity contribution < 1.29 is 0 Å². The Kier molecular flexibility index (Phi) is 4.30. The van der Waals surface area contributed by atoms with E-state index in [0.29, 0.717) is 0 Å². The second-order valence-corrected chi connectivity index (χ2v) is 5.95. The summed E-state index contributed by atoms with van der Waals surface area (Å²) in [5, 5.41) is 3.58. The lowest BCUT2D eigenvalue weighted by Gasteiger charge is -2.17. The highest BCUT2D eigenvalue weighted by Gasteiger charge is 2.12. The fourth-order valence-electron chi connectivity index (χ4n) is 3.11. The lowest BCUT2D eigenvalue weighted by molar-refractivity contribution is 1.52. The topological polar surface area (TPSA) is 12.0 Å². The maximum atomic E-state index is 3.58. The normalized spacial score (nSPS) is 10.4. The fraction of sp³-hybridized carbons (Fsp3) is 0. The summed E-state index contributed by atoms with van der Waals surface area (Å²) in [5.74, 6) is 0. The molecule has 0 amide bonds. The SMILES string of the molecule is c1ccc(Nc2cccc(-c3ccccc3)c2-c2ccccc2)cc1. The molecule has 0 spiro atoms. The molecule has 0 heterocycles. The van der Waals surface area contributed by atoms with Gasteiger partial charge >= 0.3 is 0 Å². The van der Waals surface area contributed by atoms with Gasteiger partial charge in [0, 0.05) is 16.9 Å². The van der Waals surface area contributed by atoms with Crippen LogP contribution >= 0.6 is 0 Å². The highest BCUT2D eigenvalue weighted by Crippen LogP contribution is 2.38. The first kappa shape index (κ1) is 15.2. The summed E-state index contributed by atoms with van der Waals surface area (Å²) in [4.78, 5) is 0.